The van der Waals surface area contributed by atoms with Crippen LogP contribution in [0.1, 0.15) is 24.5 Å². The molecule has 0 radical (unpaired) electrons. The number of rotatable bonds is 4. The molecule has 0 bridgehead atoms. The minimum atomic E-state index is -1.07. The number of nitrogens with zero attached hydrogens (tertiary/aromatic N) is 2. The van der Waals surface area contributed by atoms with Gasteiger partial charge in [0.1, 0.15) is 5.54 Å². The van der Waals surface area contributed by atoms with Crippen molar-refractivity contribution in [1.29, 1.82) is 0 Å². The summed E-state index contributed by atoms with van der Waals surface area (Å²) < 4.78 is 0. The second-order valence-electron chi connectivity index (χ2n) is 8.38. The molecule has 3 aromatic carbocycles. The molecule has 0 spiro atoms. The van der Waals surface area contributed by atoms with Crippen molar-refractivity contribution in [3.63, 3.8) is 0 Å². The molecule has 0 aliphatic carbocycles. The Hall–Kier alpha value is -3.44. The molecule has 0 aromatic heterocycles. The monoisotopic (exact) mass is 411 g/mol. The maximum absolute atomic E-state index is 13.4. The molecule has 0 unspecified atom stereocenters. The van der Waals surface area contributed by atoms with Crippen LogP contribution in [0.15, 0.2) is 78.9 Å². The average molecular weight is 412 g/mol. The topological polar surface area (TPSA) is 52.7 Å². The van der Waals surface area contributed by atoms with E-state index in [-0.39, 0.29) is 11.9 Å². The summed E-state index contributed by atoms with van der Waals surface area (Å²) in [6.07, 6.45) is 3.09. The molecule has 31 heavy (non-hydrogen) atoms. The average Bonchev–Trinajstić information content (AvgIpc) is 3.03. The molecule has 1 saturated heterocycles. The van der Waals surface area contributed by atoms with Crippen molar-refractivity contribution < 1.29 is 9.59 Å². The zero-order valence-corrected chi connectivity index (χ0v) is 17.5. The van der Waals surface area contributed by atoms with Crippen LogP contribution in [0.25, 0.3) is 16.3 Å². The van der Waals surface area contributed by atoms with E-state index in [0.29, 0.717) is 13.2 Å². The molecule has 1 fully saturated rings. The maximum atomic E-state index is 13.4. The lowest BCUT2D eigenvalue weighted by Gasteiger charge is -2.30. The summed E-state index contributed by atoms with van der Waals surface area (Å²) >= 11 is 0. The Morgan fingerprint density at radius 3 is 2.45 bits per heavy atom. The fourth-order valence-corrected chi connectivity index (χ4v) is 4.62. The van der Waals surface area contributed by atoms with Gasteiger partial charge >= 0.3 is 6.03 Å². The van der Waals surface area contributed by atoms with Crippen LogP contribution in [0.5, 0.6) is 0 Å². The zero-order chi connectivity index (χ0) is 21.4. The number of fused-ring (bicyclic) bond motifs is 1. The number of urea groups is 1. The lowest BCUT2D eigenvalue weighted by atomic mass is 9.88. The quantitative estimate of drug-likeness (QED) is 0.650. The highest BCUT2D eigenvalue weighted by atomic mass is 16.2. The highest BCUT2D eigenvalue weighted by Gasteiger charge is 2.49. The molecule has 5 rings (SSSR count). The summed E-state index contributed by atoms with van der Waals surface area (Å²) in [5.74, 6) is -0.202. The molecule has 0 saturated carbocycles. The highest BCUT2D eigenvalue weighted by molar-refractivity contribution is 6.09. The van der Waals surface area contributed by atoms with Gasteiger partial charge in [-0.2, -0.15) is 0 Å². The van der Waals surface area contributed by atoms with Gasteiger partial charge in [-0.25, -0.2) is 9.69 Å². The lowest BCUT2D eigenvalue weighted by molar-refractivity contribution is -0.132. The molecule has 5 nitrogen and oxygen atoms in total. The highest BCUT2D eigenvalue weighted by Crippen LogP contribution is 2.34. The Morgan fingerprint density at radius 2 is 1.68 bits per heavy atom. The summed E-state index contributed by atoms with van der Waals surface area (Å²) in [7, 11) is 0. The fourth-order valence-electron chi connectivity index (χ4n) is 4.62. The van der Waals surface area contributed by atoms with Crippen LogP contribution < -0.4 is 5.32 Å². The summed E-state index contributed by atoms with van der Waals surface area (Å²) in [4.78, 5) is 29.8. The van der Waals surface area contributed by atoms with E-state index < -0.39 is 5.54 Å². The molecule has 2 heterocycles. The largest absolute Gasteiger partial charge is 0.326 e. The first kappa shape index (κ1) is 19.5. The third kappa shape index (κ3) is 3.41. The standard InChI is InChI=1S/C26H25N3O2/c1-26(23-13-7-11-21-10-5-6-12-22(21)23)24(30)29(25(31)27-26)18-28-16-14-20(15-17-28)19-8-3-2-4-9-19/h2-14H,15-18H2,1H3,(H,27,31)/t26-/m1/s1. The molecule has 3 amide bonds. The van der Waals surface area contributed by atoms with E-state index in [0.717, 1.165) is 29.3 Å². The lowest BCUT2D eigenvalue weighted by Crippen LogP contribution is -2.45. The van der Waals surface area contributed by atoms with E-state index in [1.807, 2.05) is 60.7 Å². The minimum Gasteiger partial charge on any atom is -0.319 e. The summed E-state index contributed by atoms with van der Waals surface area (Å²) in [6.45, 7) is 3.62. The van der Waals surface area contributed by atoms with Gasteiger partial charge in [-0.1, -0.05) is 78.9 Å². The van der Waals surface area contributed by atoms with Crippen LogP contribution in [-0.4, -0.2) is 41.5 Å². The van der Waals surface area contributed by atoms with Gasteiger partial charge in [0.15, 0.2) is 0 Å². The summed E-state index contributed by atoms with van der Waals surface area (Å²) in [5.41, 5.74) is 2.31. The summed E-state index contributed by atoms with van der Waals surface area (Å²) in [5, 5.41) is 4.99. The van der Waals surface area contributed by atoms with Gasteiger partial charge in [-0.3, -0.25) is 9.69 Å². The number of amides is 3. The van der Waals surface area contributed by atoms with Crippen LogP contribution in [0.3, 0.4) is 0 Å². The molecular formula is C26H25N3O2. The number of benzene rings is 3. The van der Waals surface area contributed by atoms with E-state index in [2.05, 4.69) is 28.4 Å². The zero-order valence-electron chi connectivity index (χ0n) is 17.5. The Bertz CT molecular complexity index is 1180. The summed E-state index contributed by atoms with van der Waals surface area (Å²) in [6, 6.07) is 23.8. The first-order valence-electron chi connectivity index (χ1n) is 10.7. The van der Waals surface area contributed by atoms with Crippen LogP contribution in [-0.2, 0) is 10.3 Å². The van der Waals surface area contributed by atoms with E-state index in [9.17, 15) is 9.59 Å². The fraction of sp³-hybridized carbons (Fsp3) is 0.231. The number of carbonyl (C=O) groups is 2. The van der Waals surface area contributed by atoms with Gasteiger partial charge in [0, 0.05) is 13.1 Å². The molecule has 3 aromatic rings. The Labute approximate surface area is 182 Å². The van der Waals surface area contributed by atoms with Gasteiger partial charge < -0.3 is 5.32 Å². The molecule has 1 atom stereocenters. The van der Waals surface area contributed by atoms with Crippen molar-refractivity contribution in [1.82, 2.24) is 15.1 Å². The predicted octanol–water partition coefficient (Wildman–Crippen LogP) is 4.35. The van der Waals surface area contributed by atoms with Crippen molar-refractivity contribution in [2.24, 2.45) is 0 Å². The van der Waals surface area contributed by atoms with Crippen molar-refractivity contribution in [2.45, 2.75) is 18.9 Å². The molecule has 2 aliphatic rings. The molecule has 1 N–H and O–H groups in total. The molecule has 2 aliphatic heterocycles. The van der Waals surface area contributed by atoms with Crippen LogP contribution >= 0.6 is 0 Å². The molecule has 156 valence electrons. The van der Waals surface area contributed by atoms with Gasteiger partial charge in [0.2, 0.25) is 0 Å². The van der Waals surface area contributed by atoms with Crippen molar-refractivity contribution in [3.8, 4) is 0 Å². The number of nitrogens with one attached hydrogen (secondary N) is 1. The van der Waals surface area contributed by atoms with E-state index in [1.165, 1.54) is 16.0 Å². The third-order valence-corrected chi connectivity index (χ3v) is 6.38. The predicted molar refractivity (Wildman–Crippen MR) is 122 cm³/mol. The SMILES string of the molecule is C[C@]1(c2cccc3ccccc23)NC(=O)N(CN2CC=C(c3ccccc3)CC2)C1=O. The van der Waals surface area contributed by atoms with Crippen molar-refractivity contribution >= 4 is 28.3 Å². The van der Waals surface area contributed by atoms with Crippen LogP contribution in [0.4, 0.5) is 4.79 Å². The van der Waals surface area contributed by atoms with E-state index in [4.69, 9.17) is 0 Å². The van der Waals surface area contributed by atoms with E-state index in [1.54, 1.807) is 6.92 Å². The molecular weight excluding hydrogens is 386 g/mol. The van der Waals surface area contributed by atoms with Gasteiger partial charge in [-0.15, -0.1) is 0 Å². The van der Waals surface area contributed by atoms with Crippen molar-refractivity contribution in [2.75, 3.05) is 19.8 Å². The first-order valence-corrected chi connectivity index (χ1v) is 10.7. The number of hydrogen-bond acceptors (Lipinski definition) is 3. The Kier molecular flexibility index (Phi) is 4.83. The van der Waals surface area contributed by atoms with Crippen LogP contribution in [0, 0.1) is 0 Å². The minimum absolute atomic E-state index is 0.202. The number of hydrogen-bond donors (Lipinski definition) is 1. The van der Waals surface area contributed by atoms with Gasteiger partial charge in [0.05, 0.1) is 6.67 Å². The van der Waals surface area contributed by atoms with Gasteiger partial charge in [0.25, 0.3) is 5.91 Å². The number of imide groups is 1. The van der Waals surface area contributed by atoms with Crippen LogP contribution in [0.2, 0.25) is 0 Å². The Morgan fingerprint density at radius 1 is 0.935 bits per heavy atom. The van der Waals surface area contributed by atoms with Crippen molar-refractivity contribution in [3.05, 3.63) is 90.0 Å². The second kappa shape index (κ2) is 7.67. The smallest absolute Gasteiger partial charge is 0.319 e. The maximum Gasteiger partial charge on any atom is 0.326 e. The second-order valence-corrected chi connectivity index (χ2v) is 8.38. The molecule has 5 heteroatoms. The Balaban J connectivity index is 1.36. The first-order chi connectivity index (χ1) is 15.1. The number of carbonyl (C=O) groups excluding carboxylic acids is 2. The third-order valence-electron chi connectivity index (χ3n) is 6.38. The van der Waals surface area contributed by atoms with E-state index >= 15 is 0 Å². The van der Waals surface area contributed by atoms with Gasteiger partial charge in [-0.05, 0) is 40.8 Å². The normalized spacial score (nSPS) is 22.0.